The van der Waals surface area contributed by atoms with Crippen molar-refractivity contribution in [3.05, 3.63) is 0 Å². The fraction of sp³-hybridized carbons (Fsp3) is 0.714. The summed E-state index contributed by atoms with van der Waals surface area (Å²) in [5.41, 5.74) is 5.38. The molecule has 3 nitrogen and oxygen atoms in total. The number of ketones is 1. The Labute approximate surface area is 60.3 Å². The minimum absolute atomic E-state index is 0.160. The molecular formula is C7H12N2O. The van der Waals surface area contributed by atoms with Crippen molar-refractivity contribution in [2.24, 2.45) is 16.6 Å². The molecule has 1 unspecified atom stereocenters. The average molecular weight is 140 g/mol. The van der Waals surface area contributed by atoms with Crippen LogP contribution < -0.4 is 5.73 Å². The first-order valence-corrected chi connectivity index (χ1v) is 3.46. The molecule has 0 aromatic carbocycles. The molecule has 0 aromatic rings. The van der Waals surface area contributed by atoms with E-state index in [2.05, 4.69) is 4.99 Å². The standard InChI is InChI=1S/C7H12N2O/c1-4(2)7-5(10)3-6(8)9-7/h4,7H,3H2,1-2H3,(H2,8,9). The third-order valence-electron chi connectivity index (χ3n) is 1.62. The normalized spacial score (nSPS) is 25.7. The molecule has 0 radical (unpaired) electrons. The number of amidine groups is 1. The van der Waals surface area contributed by atoms with Gasteiger partial charge in [0, 0.05) is 0 Å². The number of hydrogen-bond donors (Lipinski definition) is 1. The predicted octanol–water partition coefficient (Wildman–Crippen LogP) is 0.341. The van der Waals surface area contributed by atoms with Crippen LogP contribution in [-0.4, -0.2) is 17.7 Å². The zero-order valence-electron chi connectivity index (χ0n) is 6.29. The van der Waals surface area contributed by atoms with Crippen LogP contribution in [0.2, 0.25) is 0 Å². The van der Waals surface area contributed by atoms with Gasteiger partial charge in [-0.15, -0.1) is 0 Å². The number of Topliss-reactive ketones (excluding diaryl/α,β-unsaturated/α-hetero) is 1. The zero-order chi connectivity index (χ0) is 7.72. The van der Waals surface area contributed by atoms with E-state index in [1.165, 1.54) is 0 Å². The van der Waals surface area contributed by atoms with Crippen molar-refractivity contribution in [1.82, 2.24) is 0 Å². The lowest BCUT2D eigenvalue weighted by Gasteiger charge is -2.07. The van der Waals surface area contributed by atoms with E-state index in [4.69, 9.17) is 5.73 Å². The van der Waals surface area contributed by atoms with Crippen LogP contribution in [0.1, 0.15) is 20.3 Å². The van der Waals surface area contributed by atoms with Crippen LogP contribution in [0.4, 0.5) is 0 Å². The number of carbonyl (C=O) groups excluding carboxylic acids is 1. The highest BCUT2D eigenvalue weighted by atomic mass is 16.1. The van der Waals surface area contributed by atoms with E-state index in [1.807, 2.05) is 13.8 Å². The van der Waals surface area contributed by atoms with Gasteiger partial charge in [0.1, 0.15) is 11.9 Å². The lowest BCUT2D eigenvalue weighted by Crippen LogP contribution is -2.19. The fourth-order valence-corrected chi connectivity index (χ4v) is 1.10. The van der Waals surface area contributed by atoms with Gasteiger partial charge in [-0.3, -0.25) is 9.79 Å². The summed E-state index contributed by atoms with van der Waals surface area (Å²) in [7, 11) is 0. The SMILES string of the molecule is CC(C)C1N=C(N)CC1=O. The van der Waals surface area contributed by atoms with Gasteiger partial charge in [0.15, 0.2) is 5.78 Å². The molecule has 1 atom stereocenters. The molecule has 0 fully saturated rings. The van der Waals surface area contributed by atoms with Crippen molar-refractivity contribution in [2.75, 3.05) is 0 Å². The first-order chi connectivity index (χ1) is 4.61. The van der Waals surface area contributed by atoms with E-state index in [0.29, 0.717) is 12.3 Å². The Balaban J connectivity index is 2.69. The van der Waals surface area contributed by atoms with Gasteiger partial charge in [-0.1, -0.05) is 13.8 Å². The van der Waals surface area contributed by atoms with E-state index in [-0.39, 0.29) is 17.7 Å². The molecule has 1 rings (SSSR count). The molecule has 10 heavy (non-hydrogen) atoms. The Kier molecular flexibility index (Phi) is 1.74. The Bertz CT molecular complexity index is 184. The van der Waals surface area contributed by atoms with Gasteiger partial charge >= 0.3 is 0 Å². The molecule has 0 aromatic heterocycles. The van der Waals surface area contributed by atoms with E-state index in [0.717, 1.165) is 0 Å². The van der Waals surface area contributed by atoms with Gasteiger partial charge in [-0.2, -0.15) is 0 Å². The van der Waals surface area contributed by atoms with Crippen molar-refractivity contribution < 1.29 is 4.79 Å². The molecule has 1 aliphatic heterocycles. The number of nitrogens with two attached hydrogens (primary N) is 1. The van der Waals surface area contributed by atoms with E-state index in [9.17, 15) is 4.79 Å². The summed E-state index contributed by atoms with van der Waals surface area (Å²) in [6.45, 7) is 3.95. The second kappa shape index (κ2) is 2.40. The monoisotopic (exact) mass is 140 g/mol. The number of rotatable bonds is 1. The summed E-state index contributed by atoms with van der Waals surface area (Å²) < 4.78 is 0. The summed E-state index contributed by atoms with van der Waals surface area (Å²) in [5, 5.41) is 0. The largest absolute Gasteiger partial charge is 0.387 e. The van der Waals surface area contributed by atoms with Gasteiger partial charge < -0.3 is 5.73 Å². The number of carbonyl (C=O) groups is 1. The van der Waals surface area contributed by atoms with Crippen LogP contribution in [0.15, 0.2) is 4.99 Å². The van der Waals surface area contributed by atoms with Crippen molar-refractivity contribution in [2.45, 2.75) is 26.3 Å². The van der Waals surface area contributed by atoms with Crippen LogP contribution in [0.25, 0.3) is 0 Å². The average Bonchev–Trinajstić information content (AvgIpc) is 2.10. The summed E-state index contributed by atoms with van der Waals surface area (Å²) in [4.78, 5) is 15.0. The minimum Gasteiger partial charge on any atom is -0.387 e. The lowest BCUT2D eigenvalue weighted by atomic mass is 10.0. The molecule has 0 saturated carbocycles. The highest BCUT2D eigenvalue weighted by Crippen LogP contribution is 2.14. The molecule has 56 valence electrons. The van der Waals surface area contributed by atoms with Gasteiger partial charge in [-0.25, -0.2) is 0 Å². The molecule has 0 amide bonds. The molecule has 0 spiro atoms. The number of nitrogens with zero attached hydrogens (tertiary/aromatic N) is 1. The smallest absolute Gasteiger partial charge is 0.165 e. The first kappa shape index (κ1) is 7.25. The van der Waals surface area contributed by atoms with Crippen molar-refractivity contribution in [3.8, 4) is 0 Å². The van der Waals surface area contributed by atoms with Crippen LogP contribution in [-0.2, 0) is 4.79 Å². The van der Waals surface area contributed by atoms with Crippen molar-refractivity contribution in [1.29, 1.82) is 0 Å². The summed E-state index contributed by atoms with van der Waals surface area (Å²) in [6.07, 6.45) is 0.350. The first-order valence-electron chi connectivity index (χ1n) is 3.46. The number of hydrogen-bond acceptors (Lipinski definition) is 3. The molecule has 3 heteroatoms. The van der Waals surface area contributed by atoms with Crippen molar-refractivity contribution in [3.63, 3.8) is 0 Å². The highest BCUT2D eigenvalue weighted by Gasteiger charge is 2.27. The Morgan fingerprint density at radius 1 is 1.70 bits per heavy atom. The predicted molar refractivity (Wildman–Crippen MR) is 39.9 cm³/mol. The summed E-state index contributed by atoms with van der Waals surface area (Å²) >= 11 is 0. The lowest BCUT2D eigenvalue weighted by molar-refractivity contribution is -0.119. The van der Waals surface area contributed by atoms with Crippen LogP contribution >= 0.6 is 0 Å². The topological polar surface area (TPSA) is 55.4 Å². The Hall–Kier alpha value is -0.860. The van der Waals surface area contributed by atoms with Gasteiger partial charge in [-0.05, 0) is 5.92 Å². The van der Waals surface area contributed by atoms with Gasteiger partial charge in [0.2, 0.25) is 0 Å². The van der Waals surface area contributed by atoms with E-state index in [1.54, 1.807) is 0 Å². The maximum absolute atomic E-state index is 11.0. The van der Waals surface area contributed by atoms with Crippen LogP contribution in [0, 0.1) is 5.92 Å². The third kappa shape index (κ3) is 1.17. The summed E-state index contributed by atoms with van der Waals surface area (Å²) in [6, 6.07) is -0.167. The summed E-state index contributed by atoms with van der Waals surface area (Å²) in [5.74, 6) is 0.935. The Morgan fingerprint density at radius 3 is 2.50 bits per heavy atom. The zero-order valence-corrected chi connectivity index (χ0v) is 6.29. The van der Waals surface area contributed by atoms with E-state index >= 15 is 0 Å². The maximum atomic E-state index is 11.0. The number of aliphatic imine (C=N–C) groups is 1. The highest BCUT2D eigenvalue weighted by molar-refractivity contribution is 6.07. The third-order valence-corrected chi connectivity index (χ3v) is 1.62. The van der Waals surface area contributed by atoms with Gasteiger partial charge in [0.05, 0.1) is 6.42 Å². The van der Waals surface area contributed by atoms with Crippen molar-refractivity contribution >= 4 is 11.6 Å². The minimum atomic E-state index is -0.167. The fourth-order valence-electron chi connectivity index (χ4n) is 1.10. The second-order valence-corrected chi connectivity index (χ2v) is 2.95. The Morgan fingerprint density at radius 2 is 2.30 bits per heavy atom. The second-order valence-electron chi connectivity index (χ2n) is 2.95. The van der Waals surface area contributed by atoms with Crippen LogP contribution in [0.5, 0.6) is 0 Å². The van der Waals surface area contributed by atoms with E-state index < -0.39 is 0 Å². The molecule has 0 aliphatic carbocycles. The van der Waals surface area contributed by atoms with Gasteiger partial charge in [0.25, 0.3) is 0 Å². The quantitative estimate of drug-likeness (QED) is 0.571. The molecule has 0 bridgehead atoms. The molecule has 1 aliphatic rings. The molecule has 1 heterocycles. The molecular weight excluding hydrogens is 128 g/mol. The molecule has 0 saturated heterocycles. The van der Waals surface area contributed by atoms with Crippen LogP contribution in [0.3, 0.4) is 0 Å². The molecule has 2 N–H and O–H groups in total. The maximum Gasteiger partial charge on any atom is 0.165 e.